The number of pyridine rings is 1. The van der Waals surface area contributed by atoms with Crippen molar-refractivity contribution in [2.45, 2.75) is 6.92 Å². The predicted molar refractivity (Wildman–Crippen MR) is 123 cm³/mol. The van der Waals surface area contributed by atoms with Gasteiger partial charge in [-0.1, -0.05) is 17.7 Å². The molecular formula is C22H19ClN4O4S. The van der Waals surface area contributed by atoms with Crippen LogP contribution < -0.4 is 10.1 Å². The highest BCUT2D eigenvalue weighted by Crippen LogP contribution is 2.30. The molecule has 0 fully saturated rings. The SMILES string of the molecule is COc1ccc(Cl)cc1NC(=O)COC(=O)c1cc(-c2cccs2)nc2c1c(C)nn2C. The number of halogens is 1. The van der Waals surface area contributed by atoms with Gasteiger partial charge in [-0.3, -0.25) is 9.48 Å². The van der Waals surface area contributed by atoms with E-state index in [1.54, 1.807) is 42.9 Å². The van der Waals surface area contributed by atoms with E-state index in [1.807, 2.05) is 17.5 Å². The number of carbonyl (C=O) groups excluding carboxylic acids is 2. The van der Waals surface area contributed by atoms with Crippen molar-refractivity contribution in [2.24, 2.45) is 7.05 Å². The van der Waals surface area contributed by atoms with Crippen LogP contribution in [0.4, 0.5) is 5.69 Å². The van der Waals surface area contributed by atoms with Gasteiger partial charge >= 0.3 is 5.97 Å². The predicted octanol–water partition coefficient (Wildman–Crippen LogP) is 4.46. The summed E-state index contributed by atoms with van der Waals surface area (Å²) in [4.78, 5) is 30.9. The Morgan fingerprint density at radius 3 is 2.78 bits per heavy atom. The van der Waals surface area contributed by atoms with E-state index in [-0.39, 0.29) is 0 Å². The Hall–Kier alpha value is -3.43. The molecule has 0 atom stereocenters. The zero-order chi connectivity index (χ0) is 22.8. The average Bonchev–Trinajstić information content (AvgIpc) is 3.40. The molecule has 4 aromatic rings. The Balaban J connectivity index is 1.58. The third-order valence-corrected chi connectivity index (χ3v) is 5.86. The molecule has 0 aliphatic heterocycles. The Morgan fingerprint density at radius 2 is 2.06 bits per heavy atom. The highest BCUT2D eigenvalue weighted by molar-refractivity contribution is 7.13. The Kier molecular flexibility index (Phi) is 6.11. The van der Waals surface area contributed by atoms with E-state index >= 15 is 0 Å². The maximum Gasteiger partial charge on any atom is 0.339 e. The molecule has 0 saturated heterocycles. The van der Waals surface area contributed by atoms with Crippen molar-refractivity contribution in [1.29, 1.82) is 0 Å². The van der Waals surface area contributed by atoms with Gasteiger partial charge in [-0.25, -0.2) is 9.78 Å². The summed E-state index contributed by atoms with van der Waals surface area (Å²) in [6.45, 7) is 1.32. The molecule has 8 nitrogen and oxygen atoms in total. The van der Waals surface area contributed by atoms with Crippen LogP contribution in [0.5, 0.6) is 5.75 Å². The van der Waals surface area contributed by atoms with E-state index < -0.39 is 18.5 Å². The van der Waals surface area contributed by atoms with Crippen LogP contribution in [0.2, 0.25) is 5.02 Å². The van der Waals surface area contributed by atoms with Gasteiger partial charge < -0.3 is 14.8 Å². The lowest BCUT2D eigenvalue weighted by atomic mass is 10.1. The van der Waals surface area contributed by atoms with Gasteiger partial charge in [0.05, 0.1) is 40.0 Å². The number of ether oxygens (including phenoxy) is 2. The number of anilines is 1. The van der Waals surface area contributed by atoms with Gasteiger partial charge in [0.25, 0.3) is 5.91 Å². The second-order valence-corrected chi connectivity index (χ2v) is 8.29. The van der Waals surface area contributed by atoms with Gasteiger partial charge in [-0.05, 0) is 42.6 Å². The number of methoxy groups -OCH3 is 1. The van der Waals surface area contributed by atoms with Crippen LogP contribution in [0.15, 0.2) is 41.8 Å². The normalized spacial score (nSPS) is 10.9. The van der Waals surface area contributed by atoms with Crippen molar-refractivity contribution in [1.82, 2.24) is 14.8 Å². The molecule has 164 valence electrons. The van der Waals surface area contributed by atoms with Crippen LogP contribution in [0, 0.1) is 6.92 Å². The number of rotatable bonds is 6. The zero-order valence-electron chi connectivity index (χ0n) is 17.5. The van der Waals surface area contributed by atoms with E-state index in [1.165, 1.54) is 18.4 Å². The van der Waals surface area contributed by atoms with Crippen LogP contribution in [0.3, 0.4) is 0 Å². The molecular weight excluding hydrogens is 452 g/mol. The minimum Gasteiger partial charge on any atom is -0.495 e. The van der Waals surface area contributed by atoms with Gasteiger partial charge in [-0.2, -0.15) is 5.10 Å². The Labute approximate surface area is 192 Å². The van der Waals surface area contributed by atoms with Crippen LogP contribution in [-0.2, 0) is 16.6 Å². The van der Waals surface area contributed by atoms with Crippen molar-refractivity contribution in [2.75, 3.05) is 19.0 Å². The van der Waals surface area contributed by atoms with Gasteiger partial charge in [0.1, 0.15) is 5.75 Å². The summed E-state index contributed by atoms with van der Waals surface area (Å²) in [7, 11) is 3.25. The zero-order valence-corrected chi connectivity index (χ0v) is 19.1. The quantitative estimate of drug-likeness (QED) is 0.418. The molecule has 3 heterocycles. The molecule has 0 saturated carbocycles. The molecule has 0 aliphatic carbocycles. The maximum absolute atomic E-state index is 13.0. The molecule has 10 heteroatoms. The number of esters is 1. The topological polar surface area (TPSA) is 95.3 Å². The number of benzene rings is 1. The number of fused-ring (bicyclic) bond motifs is 1. The fraction of sp³-hybridized carbons (Fsp3) is 0.182. The van der Waals surface area contributed by atoms with E-state index in [4.69, 9.17) is 21.1 Å². The lowest BCUT2D eigenvalue weighted by Gasteiger charge is -2.11. The molecule has 0 aliphatic rings. The number of thiophene rings is 1. The second-order valence-electron chi connectivity index (χ2n) is 6.91. The van der Waals surface area contributed by atoms with E-state index in [2.05, 4.69) is 15.4 Å². The Bertz CT molecular complexity index is 1320. The molecule has 1 amide bonds. The number of nitrogens with one attached hydrogen (secondary N) is 1. The van der Waals surface area contributed by atoms with Crippen LogP contribution in [0.1, 0.15) is 16.1 Å². The molecule has 1 N–H and O–H groups in total. The van der Waals surface area contributed by atoms with Crippen molar-refractivity contribution < 1.29 is 19.1 Å². The highest BCUT2D eigenvalue weighted by atomic mass is 35.5. The third kappa shape index (κ3) is 4.30. The number of nitrogens with zero attached hydrogens (tertiary/aromatic N) is 3. The summed E-state index contributed by atoms with van der Waals surface area (Å²) in [5.74, 6) is -0.721. The first-order valence-electron chi connectivity index (χ1n) is 9.56. The monoisotopic (exact) mass is 470 g/mol. The minimum atomic E-state index is -0.639. The lowest BCUT2D eigenvalue weighted by molar-refractivity contribution is -0.119. The number of hydrogen-bond acceptors (Lipinski definition) is 7. The fourth-order valence-corrected chi connectivity index (χ4v) is 4.19. The number of aromatic nitrogens is 3. The maximum atomic E-state index is 13.0. The largest absolute Gasteiger partial charge is 0.495 e. The first kappa shape index (κ1) is 21.8. The fourth-order valence-electron chi connectivity index (χ4n) is 3.33. The van der Waals surface area contributed by atoms with Gasteiger partial charge in [0, 0.05) is 12.1 Å². The number of amides is 1. The second kappa shape index (κ2) is 8.97. The first-order valence-corrected chi connectivity index (χ1v) is 10.8. The van der Waals surface area contributed by atoms with Crippen molar-refractivity contribution in [3.8, 4) is 16.3 Å². The summed E-state index contributed by atoms with van der Waals surface area (Å²) in [5.41, 5.74) is 2.53. The molecule has 0 radical (unpaired) electrons. The van der Waals surface area contributed by atoms with Gasteiger partial charge in [-0.15, -0.1) is 11.3 Å². The summed E-state index contributed by atoms with van der Waals surface area (Å²) in [6, 6.07) is 10.3. The standard InChI is InChI=1S/C22H19ClN4O4S/c1-12-20-14(10-16(18-5-4-8-32-18)25-21(20)27(2)26-12)22(29)31-11-19(28)24-15-9-13(23)6-7-17(15)30-3/h4-10H,11H2,1-3H3,(H,24,28). The molecule has 4 rings (SSSR count). The number of hydrogen-bond donors (Lipinski definition) is 1. The summed E-state index contributed by atoms with van der Waals surface area (Å²) < 4.78 is 12.2. The molecule has 0 spiro atoms. The summed E-state index contributed by atoms with van der Waals surface area (Å²) >= 11 is 7.50. The highest BCUT2D eigenvalue weighted by Gasteiger charge is 2.21. The van der Waals surface area contributed by atoms with Crippen LogP contribution >= 0.6 is 22.9 Å². The number of carbonyl (C=O) groups is 2. The van der Waals surface area contributed by atoms with Crippen molar-refractivity contribution >= 4 is 51.5 Å². The van der Waals surface area contributed by atoms with Gasteiger partial charge in [0.2, 0.25) is 0 Å². The average molecular weight is 471 g/mol. The molecule has 32 heavy (non-hydrogen) atoms. The molecule has 0 unspecified atom stereocenters. The summed E-state index contributed by atoms with van der Waals surface area (Å²) in [5, 5.41) is 9.98. The molecule has 1 aromatic carbocycles. The van der Waals surface area contributed by atoms with E-state index in [0.717, 1.165) is 4.88 Å². The van der Waals surface area contributed by atoms with Crippen LogP contribution in [-0.4, -0.2) is 40.4 Å². The Morgan fingerprint density at radius 1 is 1.25 bits per heavy atom. The van der Waals surface area contributed by atoms with E-state index in [0.29, 0.717) is 44.4 Å². The lowest BCUT2D eigenvalue weighted by Crippen LogP contribution is -2.21. The summed E-state index contributed by atoms with van der Waals surface area (Å²) in [6.07, 6.45) is 0. The minimum absolute atomic E-state index is 0.303. The van der Waals surface area contributed by atoms with E-state index in [9.17, 15) is 9.59 Å². The first-order chi connectivity index (χ1) is 15.4. The van der Waals surface area contributed by atoms with Crippen molar-refractivity contribution in [3.05, 3.63) is 58.1 Å². The smallest absolute Gasteiger partial charge is 0.339 e. The van der Waals surface area contributed by atoms with Gasteiger partial charge in [0.15, 0.2) is 12.3 Å². The molecule has 0 bridgehead atoms. The number of aryl methyl sites for hydroxylation is 2. The molecule has 3 aromatic heterocycles. The van der Waals surface area contributed by atoms with Crippen molar-refractivity contribution in [3.63, 3.8) is 0 Å². The van der Waals surface area contributed by atoms with Crippen LogP contribution in [0.25, 0.3) is 21.6 Å². The third-order valence-electron chi connectivity index (χ3n) is 4.73.